The summed E-state index contributed by atoms with van der Waals surface area (Å²) in [6.07, 6.45) is 5.55. The second-order valence-electron chi connectivity index (χ2n) is 6.92. The summed E-state index contributed by atoms with van der Waals surface area (Å²) in [4.78, 5) is 4.41. The molecule has 1 unspecified atom stereocenters. The molecule has 0 spiro atoms. The zero-order valence-corrected chi connectivity index (χ0v) is 15.3. The number of aliphatic hydroxyl groups is 1. The van der Waals surface area contributed by atoms with Crippen LogP contribution < -0.4 is 4.74 Å². The highest BCUT2D eigenvalue weighted by Crippen LogP contribution is 2.34. The Morgan fingerprint density at radius 1 is 1.12 bits per heavy atom. The van der Waals surface area contributed by atoms with Crippen molar-refractivity contribution in [3.63, 3.8) is 0 Å². The Hall–Kier alpha value is -1.98. The Morgan fingerprint density at radius 3 is 2.65 bits per heavy atom. The summed E-state index contributed by atoms with van der Waals surface area (Å²) >= 11 is 1.51. The second-order valence-corrected chi connectivity index (χ2v) is 8.04. The summed E-state index contributed by atoms with van der Waals surface area (Å²) < 4.78 is 20.0. The van der Waals surface area contributed by atoms with Crippen molar-refractivity contribution in [2.45, 2.75) is 44.8 Å². The molecule has 0 radical (unpaired) electrons. The van der Waals surface area contributed by atoms with E-state index in [1.165, 1.54) is 42.7 Å². The van der Waals surface area contributed by atoms with Gasteiger partial charge < -0.3 is 9.84 Å². The molecule has 0 aliphatic heterocycles. The molecule has 4 rings (SSSR count). The molecule has 26 heavy (non-hydrogen) atoms. The fraction of sp³-hybridized carbons (Fsp3) is 0.381. The van der Waals surface area contributed by atoms with E-state index in [1.807, 2.05) is 24.3 Å². The number of benzene rings is 2. The lowest BCUT2D eigenvalue weighted by Crippen LogP contribution is -2.15. The van der Waals surface area contributed by atoms with Gasteiger partial charge in [0.05, 0.1) is 16.3 Å². The molecule has 1 fully saturated rings. The topological polar surface area (TPSA) is 42.4 Å². The molecule has 1 heterocycles. The number of hydrogen-bond acceptors (Lipinski definition) is 4. The van der Waals surface area contributed by atoms with Gasteiger partial charge in [-0.15, -0.1) is 11.3 Å². The van der Waals surface area contributed by atoms with Crippen molar-refractivity contribution in [1.29, 1.82) is 0 Å². The van der Waals surface area contributed by atoms with E-state index in [1.54, 1.807) is 6.07 Å². The number of rotatable bonds is 5. The van der Waals surface area contributed by atoms with Crippen molar-refractivity contribution in [2.75, 3.05) is 0 Å². The van der Waals surface area contributed by atoms with Gasteiger partial charge in [0, 0.05) is 6.07 Å². The van der Waals surface area contributed by atoms with Crippen LogP contribution in [0.25, 0.3) is 10.2 Å². The highest BCUT2D eigenvalue weighted by Gasteiger charge is 2.22. The fourth-order valence-corrected chi connectivity index (χ4v) is 4.50. The molecule has 0 saturated heterocycles. The molecule has 1 N–H and O–H groups in total. The maximum atomic E-state index is 13.2. The van der Waals surface area contributed by atoms with E-state index >= 15 is 0 Å². The summed E-state index contributed by atoms with van der Waals surface area (Å²) in [6, 6.07) is 12.3. The lowest BCUT2D eigenvalue weighted by molar-refractivity contribution is 0.0848. The highest BCUT2D eigenvalue weighted by atomic mass is 32.1. The lowest BCUT2D eigenvalue weighted by Gasteiger charge is -2.26. The van der Waals surface area contributed by atoms with Gasteiger partial charge in [-0.1, -0.05) is 31.4 Å². The van der Waals surface area contributed by atoms with Crippen LogP contribution in [0.15, 0.2) is 42.5 Å². The van der Waals surface area contributed by atoms with E-state index in [2.05, 4.69) is 4.98 Å². The third-order valence-electron chi connectivity index (χ3n) is 5.07. The summed E-state index contributed by atoms with van der Waals surface area (Å²) in [5, 5.41) is 11.4. The van der Waals surface area contributed by atoms with Gasteiger partial charge in [-0.25, -0.2) is 9.37 Å². The zero-order chi connectivity index (χ0) is 17.9. The van der Waals surface area contributed by atoms with E-state index < -0.39 is 0 Å². The lowest BCUT2D eigenvalue weighted by atomic mass is 9.83. The molecule has 5 heteroatoms. The molecule has 2 aromatic carbocycles. The van der Waals surface area contributed by atoms with E-state index in [0.29, 0.717) is 18.0 Å². The largest absolute Gasteiger partial charge is 0.486 e. The average molecular weight is 371 g/mol. The molecule has 1 aliphatic carbocycles. The van der Waals surface area contributed by atoms with Crippen molar-refractivity contribution in [3.05, 3.63) is 58.9 Å². The SMILES string of the molecule is OC(c1ccc(OCc2nc3cc(F)ccc3s2)cc1)C1CCCCC1. The molecule has 3 nitrogen and oxygen atoms in total. The average Bonchev–Trinajstić information content (AvgIpc) is 3.09. The van der Waals surface area contributed by atoms with E-state index in [9.17, 15) is 9.50 Å². The maximum Gasteiger partial charge on any atom is 0.140 e. The Morgan fingerprint density at radius 2 is 1.88 bits per heavy atom. The van der Waals surface area contributed by atoms with Crippen LogP contribution in [0.3, 0.4) is 0 Å². The number of aromatic nitrogens is 1. The van der Waals surface area contributed by atoms with E-state index in [0.717, 1.165) is 33.9 Å². The Bertz CT molecular complexity index is 871. The molecule has 136 valence electrons. The predicted octanol–water partition coefficient (Wildman–Crippen LogP) is 5.63. The normalized spacial score (nSPS) is 16.7. The number of ether oxygens (including phenoxy) is 1. The molecule has 3 aromatic rings. The standard InChI is InChI=1S/C21H22FNO2S/c22-16-8-11-19-18(12-16)23-20(26-19)13-25-17-9-6-15(7-10-17)21(24)14-4-2-1-3-5-14/h6-12,14,21,24H,1-5,13H2. The Kier molecular flexibility index (Phi) is 5.18. The predicted molar refractivity (Wildman–Crippen MR) is 102 cm³/mol. The smallest absolute Gasteiger partial charge is 0.140 e. The van der Waals surface area contributed by atoms with Gasteiger partial charge in [0.15, 0.2) is 0 Å². The molecule has 0 bridgehead atoms. The summed E-state index contributed by atoms with van der Waals surface area (Å²) in [6.45, 7) is 0.353. The third-order valence-corrected chi connectivity index (χ3v) is 6.08. The minimum atomic E-state index is -0.386. The van der Waals surface area contributed by atoms with Gasteiger partial charge in [0.25, 0.3) is 0 Å². The molecule has 0 amide bonds. The van der Waals surface area contributed by atoms with Crippen molar-refractivity contribution in [3.8, 4) is 5.75 Å². The van der Waals surface area contributed by atoms with Gasteiger partial charge in [-0.3, -0.25) is 0 Å². The van der Waals surface area contributed by atoms with Crippen LogP contribution in [-0.2, 0) is 6.61 Å². The molecule has 1 aromatic heterocycles. The van der Waals surface area contributed by atoms with E-state index in [-0.39, 0.29) is 11.9 Å². The van der Waals surface area contributed by atoms with Crippen LogP contribution in [0.4, 0.5) is 4.39 Å². The van der Waals surface area contributed by atoms with Gasteiger partial charge in [-0.2, -0.15) is 0 Å². The second kappa shape index (κ2) is 7.72. The van der Waals surface area contributed by atoms with Crippen molar-refractivity contribution in [2.24, 2.45) is 5.92 Å². The van der Waals surface area contributed by atoms with Crippen LogP contribution in [0, 0.1) is 11.7 Å². The van der Waals surface area contributed by atoms with Crippen LogP contribution in [0.1, 0.15) is 48.8 Å². The van der Waals surface area contributed by atoms with E-state index in [4.69, 9.17) is 4.74 Å². The number of hydrogen-bond donors (Lipinski definition) is 1. The fourth-order valence-electron chi connectivity index (χ4n) is 3.64. The van der Waals surface area contributed by atoms with Crippen LogP contribution in [-0.4, -0.2) is 10.1 Å². The minimum Gasteiger partial charge on any atom is -0.486 e. The monoisotopic (exact) mass is 371 g/mol. The first-order valence-electron chi connectivity index (χ1n) is 9.15. The maximum absolute atomic E-state index is 13.2. The minimum absolute atomic E-state index is 0.276. The molecular formula is C21H22FNO2S. The third kappa shape index (κ3) is 3.89. The summed E-state index contributed by atoms with van der Waals surface area (Å²) in [5.41, 5.74) is 1.62. The Labute approximate surface area is 156 Å². The number of fused-ring (bicyclic) bond motifs is 1. The van der Waals surface area contributed by atoms with Gasteiger partial charge in [0.1, 0.15) is 23.2 Å². The van der Waals surface area contributed by atoms with Crippen LogP contribution in [0.5, 0.6) is 5.75 Å². The van der Waals surface area contributed by atoms with Crippen molar-refractivity contribution >= 4 is 21.6 Å². The number of nitrogens with zero attached hydrogens (tertiary/aromatic N) is 1. The van der Waals surface area contributed by atoms with Gasteiger partial charge in [-0.05, 0) is 48.6 Å². The summed E-state index contributed by atoms with van der Waals surface area (Å²) in [5.74, 6) is 0.844. The first kappa shape index (κ1) is 17.4. The number of aliphatic hydroxyl groups excluding tert-OH is 1. The first-order valence-corrected chi connectivity index (χ1v) is 9.96. The quantitative estimate of drug-likeness (QED) is 0.632. The number of halogens is 1. The molecule has 1 atom stereocenters. The first-order chi connectivity index (χ1) is 12.7. The van der Waals surface area contributed by atoms with Crippen LogP contribution in [0.2, 0.25) is 0 Å². The Balaban J connectivity index is 1.38. The van der Waals surface area contributed by atoms with Crippen molar-refractivity contribution in [1.82, 2.24) is 4.98 Å². The van der Waals surface area contributed by atoms with Crippen molar-refractivity contribution < 1.29 is 14.2 Å². The molecule has 1 saturated carbocycles. The van der Waals surface area contributed by atoms with Crippen LogP contribution >= 0.6 is 11.3 Å². The summed E-state index contributed by atoms with van der Waals surface area (Å²) in [7, 11) is 0. The number of thiazole rings is 1. The zero-order valence-electron chi connectivity index (χ0n) is 14.5. The molecule has 1 aliphatic rings. The molecular weight excluding hydrogens is 349 g/mol. The van der Waals surface area contributed by atoms with Gasteiger partial charge in [0.2, 0.25) is 0 Å². The highest BCUT2D eigenvalue weighted by molar-refractivity contribution is 7.18. The van der Waals surface area contributed by atoms with Gasteiger partial charge >= 0.3 is 0 Å².